The first-order chi connectivity index (χ1) is 14.5. The lowest BCUT2D eigenvalue weighted by molar-refractivity contribution is -0.758. The maximum atomic E-state index is 14.0. The van der Waals surface area contributed by atoms with E-state index in [0.717, 1.165) is 18.6 Å². The van der Waals surface area contributed by atoms with Crippen LogP contribution in [0, 0.1) is 24.0 Å². The third-order valence-corrected chi connectivity index (χ3v) is 4.42. The molecule has 0 amide bonds. The molecule has 0 radical (unpaired) electrons. The number of ether oxygens (including phenoxy) is 4. The number of carbonyl (C=O) groups is 1. The van der Waals surface area contributed by atoms with Crippen molar-refractivity contribution in [1.29, 1.82) is 0 Å². The Balaban J connectivity index is 1.98. The summed E-state index contributed by atoms with van der Waals surface area (Å²) in [4.78, 5) is 25.8. The number of nitrogens with zero attached hydrogens (tertiary/aromatic N) is 1. The Labute approximate surface area is 175 Å². The minimum atomic E-state index is -4.89. The van der Waals surface area contributed by atoms with E-state index in [2.05, 4.69) is 9.57 Å². The normalized spacial score (nSPS) is 18.5. The second-order valence-corrected chi connectivity index (χ2v) is 6.75. The zero-order valence-electron chi connectivity index (χ0n) is 17.1. The molecule has 12 heteroatoms. The molecule has 172 valence electrons. The summed E-state index contributed by atoms with van der Waals surface area (Å²) >= 11 is 0. The molecule has 0 bridgehead atoms. The molecule has 0 N–H and O–H groups in total. The Bertz CT molecular complexity index is 842. The molecule has 0 fully saturated rings. The predicted molar refractivity (Wildman–Crippen MR) is 100 cm³/mol. The van der Waals surface area contributed by atoms with Crippen LogP contribution < -0.4 is 4.74 Å². The van der Waals surface area contributed by atoms with E-state index in [9.17, 15) is 28.1 Å². The molecule has 1 heterocycles. The van der Waals surface area contributed by atoms with Crippen molar-refractivity contribution in [3.63, 3.8) is 0 Å². The number of rotatable bonds is 9. The van der Waals surface area contributed by atoms with Gasteiger partial charge in [-0.3, -0.25) is 0 Å². The lowest BCUT2D eigenvalue weighted by Gasteiger charge is -2.40. The van der Waals surface area contributed by atoms with Crippen molar-refractivity contribution in [2.75, 3.05) is 26.4 Å². The summed E-state index contributed by atoms with van der Waals surface area (Å²) in [6, 6.07) is 3.38. The third-order valence-electron chi connectivity index (χ3n) is 4.42. The van der Waals surface area contributed by atoms with Crippen molar-refractivity contribution < 1.29 is 46.8 Å². The van der Waals surface area contributed by atoms with Gasteiger partial charge in [-0.05, 0) is 38.5 Å². The van der Waals surface area contributed by atoms with Crippen molar-refractivity contribution in [2.45, 2.75) is 38.7 Å². The minimum Gasteiger partial charge on any atom is -0.469 e. The van der Waals surface area contributed by atoms with Crippen molar-refractivity contribution in [2.24, 2.45) is 0 Å². The highest BCUT2D eigenvalue weighted by Crippen LogP contribution is 2.45. The highest BCUT2D eigenvalue weighted by Gasteiger charge is 2.62. The standard InChI is InChI=1S/C19H22F3NO8/c1-12-10-13(2)16-15(11-12)4-5-18(31-16,19(20,21)22)14(3)30-17(24)28-8-6-27-7-9-29-23(25)26/h4-5,10-11,14H,6-9H2,1-3H3/t14?,18-/m0/s1. The van der Waals surface area contributed by atoms with Crippen LogP contribution in [0.5, 0.6) is 5.75 Å². The molecule has 1 aromatic carbocycles. The zero-order chi connectivity index (χ0) is 23.2. The van der Waals surface area contributed by atoms with Crippen molar-refractivity contribution in [1.82, 2.24) is 0 Å². The van der Waals surface area contributed by atoms with Crippen molar-refractivity contribution in [3.8, 4) is 5.75 Å². The molecule has 1 aromatic rings. The second kappa shape index (κ2) is 9.86. The van der Waals surface area contributed by atoms with Gasteiger partial charge in [-0.2, -0.15) is 13.2 Å². The Morgan fingerprint density at radius 1 is 1.23 bits per heavy atom. The average molecular weight is 449 g/mol. The summed E-state index contributed by atoms with van der Waals surface area (Å²) in [7, 11) is 0. The average Bonchev–Trinajstić information content (AvgIpc) is 2.65. The fourth-order valence-corrected chi connectivity index (χ4v) is 2.99. The molecular weight excluding hydrogens is 427 g/mol. The van der Waals surface area contributed by atoms with Gasteiger partial charge < -0.3 is 23.8 Å². The molecule has 2 atom stereocenters. The van der Waals surface area contributed by atoms with Crippen LogP contribution >= 0.6 is 0 Å². The van der Waals surface area contributed by atoms with Crippen LogP contribution in [0.25, 0.3) is 6.08 Å². The smallest absolute Gasteiger partial charge is 0.469 e. The van der Waals surface area contributed by atoms with Gasteiger partial charge in [0.2, 0.25) is 0 Å². The molecule has 0 aromatic heterocycles. The Morgan fingerprint density at radius 3 is 2.55 bits per heavy atom. The predicted octanol–water partition coefficient (Wildman–Crippen LogP) is 3.78. The molecule has 0 spiro atoms. The summed E-state index contributed by atoms with van der Waals surface area (Å²) in [6.07, 6.45) is -5.88. The van der Waals surface area contributed by atoms with E-state index in [-0.39, 0.29) is 32.2 Å². The highest BCUT2D eigenvalue weighted by atomic mass is 19.4. The minimum absolute atomic E-state index is 0.0552. The Kier molecular flexibility index (Phi) is 7.71. The Hall–Kier alpha value is -3.02. The number of benzene rings is 1. The fourth-order valence-electron chi connectivity index (χ4n) is 2.99. The number of hydrogen-bond donors (Lipinski definition) is 0. The van der Waals surface area contributed by atoms with Gasteiger partial charge in [0, 0.05) is 5.56 Å². The van der Waals surface area contributed by atoms with Gasteiger partial charge in [-0.25, -0.2) is 4.79 Å². The largest absolute Gasteiger partial charge is 0.508 e. The Morgan fingerprint density at radius 2 is 1.90 bits per heavy atom. The van der Waals surface area contributed by atoms with Gasteiger partial charge in [-0.1, -0.05) is 17.7 Å². The maximum Gasteiger partial charge on any atom is 0.508 e. The van der Waals surface area contributed by atoms with Gasteiger partial charge >= 0.3 is 12.3 Å². The van der Waals surface area contributed by atoms with Crippen LogP contribution in [-0.2, 0) is 19.0 Å². The van der Waals surface area contributed by atoms with Crippen molar-refractivity contribution >= 4 is 12.2 Å². The first-order valence-electron chi connectivity index (χ1n) is 9.21. The highest BCUT2D eigenvalue weighted by molar-refractivity contribution is 5.65. The SMILES string of the molecule is Cc1cc(C)c2c(c1)C=C[C@](C(C)OC(=O)OCCOCCO[N+](=O)[O-])(C(F)(F)F)O2. The van der Waals surface area contributed by atoms with E-state index < -0.39 is 29.1 Å². The van der Waals surface area contributed by atoms with E-state index in [4.69, 9.17) is 14.2 Å². The summed E-state index contributed by atoms with van der Waals surface area (Å²) in [6.45, 7) is 3.56. The van der Waals surface area contributed by atoms with Gasteiger partial charge in [0.25, 0.3) is 10.7 Å². The molecule has 2 rings (SSSR count). The van der Waals surface area contributed by atoms with Crippen LogP contribution in [0.4, 0.5) is 18.0 Å². The first-order valence-corrected chi connectivity index (χ1v) is 9.21. The van der Waals surface area contributed by atoms with E-state index in [0.29, 0.717) is 11.1 Å². The number of aryl methyl sites for hydroxylation is 2. The summed E-state index contributed by atoms with van der Waals surface area (Å²) in [5.74, 6) is 0.0552. The molecule has 1 unspecified atom stereocenters. The number of fused-ring (bicyclic) bond motifs is 1. The van der Waals surface area contributed by atoms with E-state index in [1.165, 1.54) is 6.08 Å². The zero-order valence-corrected chi connectivity index (χ0v) is 17.1. The number of hydrogen-bond acceptors (Lipinski definition) is 8. The van der Waals surface area contributed by atoms with Crippen LogP contribution in [0.2, 0.25) is 0 Å². The van der Waals surface area contributed by atoms with E-state index in [1.54, 1.807) is 19.1 Å². The number of alkyl halides is 3. The number of halogens is 3. The molecular formula is C19H22F3NO8. The van der Waals surface area contributed by atoms with Gasteiger partial charge in [0.1, 0.15) is 19.0 Å². The summed E-state index contributed by atoms with van der Waals surface area (Å²) < 4.78 is 61.8. The van der Waals surface area contributed by atoms with Crippen LogP contribution in [-0.4, -0.2) is 55.6 Å². The van der Waals surface area contributed by atoms with E-state index in [1.807, 2.05) is 6.92 Å². The molecule has 0 saturated carbocycles. The second-order valence-electron chi connectivity index (χ2n) is 6.75. The molecule has 0 aliphatic carbocycles. The molecule has 31 heavy (non-hydrogen) atoms. The van der Waals surface area contributed by atoms with Crippen molar-refractivity contribution in [3.05, 3.63) is 45.0 Å². The van der Waals surface area contributed by atoms with Crippen LogP contribution in [0.3, 0.4) is 0 Å². The van der Waals surface area contributed by atoms with Gasteiger partial charge in [-0.15, -0.1) is 10.1 Å². The van der Waals surface area contributed by atoms with Crippen LogP contribution in [0.15, 0.2) is 18.2 Å². The quantitative estimate of drug-likeness (QED) is 0.243. The summed E-state index contributed by atoms with van der Waals surface area (Å²) in [5, 5.41) is 8.97. The molecule has 0 saturated heterocycles. The first kappa shape index (κ1) is 24.3. The number of carbonyl (C=O) groups excluding carboxylic acids is 1. The third kappa shape index (κ3) is 6.00. The molecule has 9 nitrogen and oxygen atoms in total. The van der Waals surface area contributed by atoms with Crippen LogP contribution in [0.1, 0.15) is 23.6 Å². The van der Waals surface area contributed by atoms with Gasteiger partial charge in [0.05, 0.1) is 13.2 Å². The fraction of sp³-hybridized carbons (Fsp3) is 0.526. The monoisotopic (exact) mass is 449 g/mol. The lowest BCUT2D eigenvalue weighted by Crippen LogP contribution is -2.58. The van der Waals surface area contributed by atoms with Gasteiger partial charge in [0.15, 0.2) is 6.10 Å². The summed E-state index contributed by atoms with van der Waals surface area (Å²) in [5.41, 5.74) is -1.02. The molecule has 1 aliphatic heterocycles. The molecule has 1 aliphatic rings. The topological polar surface area (TPSA) is 106 Å². The van der Waals surface area contributed by atoms with E-state index >= 15 is 0 Å². The maximum absolute atomic E-state index is 14.0. The lowest BCUT2D eigenvalue weighted by atomic mass is 9.91.